The summed E-state index contributed by atoms with van der Waals surface area (Å²) in [5.41, 5.74) is -0.350. The van der Waals surface area contributed by atoms with Gasteiger partial charge in [-0.25, -0.2) is 4.98 Å². The fourth-order valence-corrected chi connectivity index (χ4v) is 1.52. The van der Waals surface area contributed by atoms with E-state index in [9.17, 15) is 9.59 Å². The predicted molar refractivity (Wildman–Crippen MR) is 65.7 cm³/mol. The van der Waals surface area contributed by atoms with Crippen molar-refractivity contribution in [2.75, 3.05) is 19.0 Å². The molecule has 0 aromatic carbocycles. The smallest absolute Gasteiger partial charge is 0.295 e. The Hall–Kier alpha value is -2.05. The van der Waals surface area contributed by atoms with Crippen molar-refractivity contribution in [2.24, 2.45) is 0 Å². The van der Waals surface area contributed by atoms with Crippen LogP contribution in [-0.2, 0) is 4.79 Å². The largest absolute Gasteiger partial charge is 0.489 e. The molecule has 0 spiro atoms. The highest BCUT2D eigenvalue weighted by molar-refractivity contribution is 5.77. The van der Waals surface area contributed by atoms with Crippen molar-refractivity contribution in [1.82, 2.24) is 15.3 Å². The summed E-state index contributed by atoms with van der Waals surface area (Å²) in [7, 11) is 1.40. The van der Waals surface area contributed by atoms with Crippen LogP contribution >= 0.6 is 0 Å². The highest BCUT2D eigenvalue weighted by Gasteiger charge is 2.22. The molecule has 3 N–H and O–H groups in total. The molecule has 7 heteroatoms. The van der Waals surface area contributed by atoms with Gasteiger partial charge in [0.2, 0.25) is 11.7 Å². The molecule has 1 fully saturated rings. The summed E-state index contributed by atoms with van der Waals surface area (Å²) in [5, 5.41) is 5.79. The van der Waals surface area contributed by atoms with Crippen molar-refractivity contribution in [2.45, 2.75) is 25.3 Å². The van der Waals surface area contributed by atoms with E-state index in [4.69, 9.17) is 4.74 Å². The second kappa shape index (κ2) is 5.52. The first kappa shape index (κ1) is 12.4. The van der Waals surface area contributed by atoms with Crippen molar-refractivity contribution in [3.05, 3.63) is 16.7 Å². The van der Waals surface area contributed by atoms with Gasteiger partial charge in [-0.3, -0.25) is 9.59 Å². The molecule has 1 amide bonds. The topological polar surface area (TPSA) is 96.1 Å². The molecule has 2 rings (SSSR count). The standard InChI is InChI=1S/C11H16N4O3/c1-18-9-10(13-6-14-11(9)17)12-5-4-8(16)15-7-2-3-7/h6-7H,2-5H2,1H3,(H,15,16)(H2,12,13,14,17). The van der Waals surface area contributed by atoms with Crippen LogP contribution in [0.1, 0.15) is 19.3 Å². The second-order valence-electron chi connectivity index (χ2n) is 4.13. The average molecular weight is 252 g/mol. The van der Waals surface area contributed by atoms with Crippen molar-refractivity contribution >= 4 is 11.7 Å². The maximum Gasteiger partial charge on any atom is 0.295 e. The number of carbonyl (C=O) groups is 1. The number of carbonyl (C=O) groups excluding carboxylic acids is 1. The Labute approximate surface area is 104 Å². The predicted octanol–water partition coefficient (Wildman–Crippen LogP) is -0.141. The van der Waals surface area contributed by atoms with Crippen LogP contribution in [-0.4, -0.2) is 35.6 Å². The summed E-state index contributed by atoms with van der Waals surface area (Å²) in [5.74, 6) is 0.481. The third-order valence-electron chi connectivity index (χ3n) is 2.60. The summed E-state index contributed by atoms with van der Waals surface area (Å²) < 4.78 is 4.94. The maximum atomic E-state index is 11.4. The molecule has 0 bridgehead atoms. The van der Waals surface area contributed by atoms with Crippen LogP contribution in [0.2, 0.25) is 0 Å². The van der Waals surface area contributed by atoms with E-state index in [0.29, 0.717) is 24.8 Å². The molecule has 18 heavy (non-hydrogen) atoms. The van der Waals surface area contributed by atoms with Gasteiger partial charge in [0.15, 0.2) is 5.82 Å². The van der Waals surface area contributed by atoms with Gasteiger partial charge >= 0.3 is 0 Å². The number of nitrogens with one attached hydrogen (secondary N) is 3. The van der Waals surface area contributed by atoms with E-state index >= 15 is 0 Å². The minimum Gasteiger partial charge on any atom is -0.489 e. The molecular weight excluding hydrogens is 236 g/mol. The van der Waals surface area contributed by atoms with E-state index < -0.39 is 0 Å². The number of rotatable bonds is 6. The van der Waals surface area contributed by atoms with Crippen LogP contribution in [0.15, 0.2) is 11.1 Å². The van der Waals surface area contributed by atoms with E-state index in [-0.39, 0.29) is 17.2 Å². The van der Waals surface area contributed by atoms with Crippen molar-refractivity contribution in [3.63, 3.8) is 0 Å². The first-order chi connectivity index (χ1) is 8.70. The summed E-state index contributed by atoms with van der Waals surface area (Å²) >= 11 is 0. The number of amides is 1. The van der Waals surface area contributed by atoms with Crippen LogP contribution < -0.4 is 20.9 Å². The molecule has 1 aromatic heterocycles. The molecule has 0 radical (unpaired) electrons. The first-order valence-electron chi connectivity index (χ1n) is 5.85. The molecule has 0 unspecified atom stereocenters. The molecule has 1 aliphatic carbocycles. The quantitative estimate of drug-likeness (QED) is 0.655. The summed E-state index contributed by atoms with van der Waals surface area (Å²) in [6, 6.07) is 0.365. The van der Waals surface area contributed by atoms with Gasteiger partial charge < -0.3 is 20.4 Å². The molecule has 1 aromatic rings. The van der Waals surface area contributed by atoms with Gasteiger partial charge in [0.25, 0.3) is 5.56 Å². The molecule has 1 heterocycles. The molecule has 0 saturated heterocycles. The second-order valence-corrected chi connectivity index (χ2v) is 4.13. The van der Waals surface area contributed by atoms with E-state index in [1.54, 1.807) is 0 Å². The molecule has 98 valence electrons. The zero-order valence-electron chi connectivity index (χ0n) is 10.2. The van der Waals surface area contributed by atoms with Gasteiger partial charge in [-0.05, 0) is 12.8 Å². The van der Waals surface area contributed by atoms with Gasteiger partial charge in [0.1, 0.15) is 0 Å². The van der Waals surface area contributed by atoms with Crippen molar-refractivity contribution < 1.29 is 9.53 Å². The van der Waals surface area contributed by atoms with Crippen LogP contribution in [0.25, 0.3) is 0 Å². The summed E-state index contributed by atoms with van der Waals surface area (Å²) in [4.78, 5) is 29.2. The lowest BCUT2D eigenvalue weighted by molar-refractivity contribution is -0.120. The Morgan fingerprint density at radius 1 is 1.61 bits per heavy atom. The van der Waals surface area contributed by atoms with Gasteiger partial charge in [0, 0.05) is 19.0 Å². The number of aromatic nitrogens is 2. The van der Waals surface area contributed by atoms with E-state index in [1.165, 1.54) is 13.4 Å². The van der Waals surface area contributed by atoms with Gasteiger partial charge in [-0.1, -0.05) is 0 Å². The average Bonchev–Trinajstić information content (AvgIpc) is 3.13. The monoisotopic (exact) mass is 252 g/mol. The minimum absolute atomic E-state index is 0.00815. The van der Waals surface area contributed by atoms with E-state index in [1.807, 2.05) is 0 Å². The molecular formula is C11H16N4O3. The highest BCUT2D eigenvalue weighted by Crippen LogP contribution is 2.18. The number of aromatic amines is 1. The number of nitrogens with zero attached hydrogens (tertiary/aromatic N) is 1. The van der Waals surface area contributed by atoms with Crippen molar-refractivity contribution in [3.8, 4) is 5.75 Å². The Kier molecular flexibility index (Phi) is 3.81. The number of H-pyrrole nitrogens is 1. The minimum atomic E-state index is -0.350. The maximum absolute atomic E-state index is 11.4. The zero-order valence-corrected chi connectivity index (χ0v) is 10.2. The van der Waals surface area contributed by atoms with Crippen LogP contribution in [0.4, 0.5) is 5.82 Å². The van der Waals surface area contributed by atoms with Gasteiger partial charge in [-0.2, -0.15) is 0 Å². The van der Waals surface area contributed by atoms with Crippen LogP contribution in [0.3, 0.4) is 0 Å². The molecule has 1 aliphatic rings. The lowest BCUT2D eigenvalue weighted by Gasteiger charge is -2.08. The number of anilines is 1. The lowest BCUT2D eigenvalue weighted by Crippen LogP contribution is -2.27. The Balaban J connectivity index is 1.83. The van der Waals surface area contributed by atoms with E-state index in [0.717, 1.165) is 12.8 Å². The third kappa shape index (κ3) is 3.22. The van der Waals surface area contributed by atoms with Crippen LogP contribution in [0, 0.1) is 0 Å². The Bertz CT molecular complexity index is 481. The number of hydrogen-bond donors (Lipinski definition) is 3. The molecule has 0 aliphatic heterocycles. The fourth-order valence-electron chi connectivity index (χ4n) is 1.52. The van der Waals surface area contributed by atoms with Crippen LogP contribution in [0.5, 0.6) is 5.75 Å². The van der Waals surface area contributed by atoms with Gasteiger partial charge in [0.05, 0.1) is 13.4 Å². The SMILES string of the molecule is COc1c(NCCC(=O)NC2CC2)nc[nH]c1=O. The summed E-state index contributed by atoms with van der Waals surface area (Å²) in [6.07, 6.45) is 3.77. The number of hydrogen-bond acceptors (Lipinski definition) is 5. The molecule has 1 saturated carbocycles. The Morgan fingerprint density at radius 3 is 3.06 bits per heavy atom. The van der Waals surface area contributed by atoms with E-state index in [2.05, 4.69) is 20.6 Å². The van der Waals surface area contributed by atoms with Gasteiger partial charge in [-0.15, -0.1) is 0 Å². The Morgan fingerprint density at radius 2 is 2.39 bits per heavy atom. The molecule has 0 atom stereocenters. The first-order valence-corrected chi connectivity index (χ1v) is 5.85. The fraction of sp³-hybridized carbons (Fsp3) is 0.545. The lowest BCUT2D eigenvalue weighted by atomic mass is 10.4. The highest BCUT2D eigenvalue weighted by atomic mass is 16.5. The number of ether oxygens (including phenoxy) is 1. The summed E-state index contributed by atoms with van der Waals surface area (Å²) in [6.45, 7) is 0.408. The number of methoxy groups -OCH3 is 1. The van der Waals surface area contributed by atoms with Crippen molar-refractivity contribution in [1.29, 1.82) is 0 Å². The molecule has 7 nitrogen and oxygen atoms in total. The normalized spacial score (nSPS) is 14.1. The zero-order chi connectivity index (χ0) is 13.0. The third-order valence-corrected chi connectivity index (χ3v) is 2.60.